The van der Waals surface area contributed by atoms with Crippen LogP contribution in [0.4, 0.5) is 0 Å². The summed E-state index contributed by atoms with van der Waals surface area (Å²) in [7, 11) is 2.23. The molecule has 0 bridgehead atoms. The lowest BCUT2D eigenvalue weighted by Crippen LogP contribution is -2.29. The molecule has 3 heteroatoms. The average Bonchev–Trinajstić information content (AvgIpc) is 2.80. The van der Waals surface area contributed by atoms with Crippen molar-refractivity contribution in [2.24, 2.45) is 5.92 Å². The quantitative estimate of drug-likeness (QED) is 0.689. The number of nitrogens with zero attached hydrogens (tertiary/aromatic N) is 1. The smallest absolute Gasteiger partial charge is 0.0327 e. The largest absolute Gasteiger partial charge is 0.316 e. The van der Waals surface area contributed by atoms with E-state index in [0.717, 1.165) is 25.6 Å². The first kappa shape index (κ1) is 15.7. The van der Waals surface area contributed by atoms with Gasteiger partial charge in [0.05, 0.1) is 0 Å². The average molecular weight is 268 g/mol. The van der Waals surface area contributed by atoms with Gasteiger partial charge in [0.2, 0.25) is 0 Å². The molecule has 1 rings (SSSR count). The van der Waals surface area contributed by atoms with Crippen LogP contribution in [0.25, 0.3) is 0 Å². The highest BCUT2D eigenvalue weighted by Crippen LogP contribution is 2.14. The van der Waals surface area contributed by atoms with Crippen LogP contribution >= 0.6 is 11.3 Å². The van der Waals surface area contributed by atoms with Crippen LogP contribution in [0.5, 0.6) is 0 Å². The molecule has 2 nitrogen and oxygen atoms in total. The van der Waals surface area contributed by atoms with Crippen molar-refractivity contribution >= 4 is 11.3 Å². The fraction of sp³-hybridized carbons (Fsp3) is 0.733. The summed E-state index contributed by atoms with van der Waals surface area (Å²) < 4.78 is 0. The van der Waals surface area contributed by atoms with Crippen LogP contribution in [0, 0.1) is 5.92 Å². The zero-order valence-corrected chi connectivity index (χ0v) is 13.1. The Balaban J connectivity index is 2.10. The highest BCUT2D eigenvalue weighted by Gasteiger charge is 2.09. The Morgan fingerprint density at radius 1 is 1.33 bits per heavy atom. The van der Waals surface area contributed by atoms with Crippen LogP contribution < -0.4 is 5.32 Å². The van der Waals surface area contributed by atoms with Crippen LogP contribution in [-0.4, -0.2) is 31.1 Å². The Hall–Kier alpha value is -0.380. The van der Waals surface area contributed by atoms with Crippen LogP contribution in [-0.2, 0) is 6.54 Å². The number of thiophene rings is 1. The Morgan fingerprint density at radius 3 is 2.72 bits per heavy atom. The third kappa shape index (κ3) is 6.53. The summed E-state index contributed by atoms with van der Waals surface area (Å²) in [6.07, 6.45) is 2.54. The molecule has 104 valence electrons. The summed E-state index contributed by atoms with van der Waals surface area (Å²) in [6, 6.07) is 5.01. The number of nitrogens with one attached hydrogen (secondary N) is 1. The van der Waals surface area contributed by atoms with Crippen molar-refractivity contribution in [2.45, 2.75) is 46.2 Å². The molecule has 1 aromatic heterocycles. The molecule has 1 atom stereocenters. The fourth-order valence-electron chi connectivity index (χ4n) is 1.94. The topological polar surface area (TPSA) is 15.3 Å². The number of hydrogen-bond acceptors (Lipinski definition) is 3. The van der Waals surface area contributed by atoms with Gasteiger partial charge < -0.3 is 5.32 Å². The second-order valence-electron chi connectivity index (χ2n) is 5.58. The lowest BCUT2D eigenvalue weighted by atomic mass is 10.1. The molecule has 0 fully saturated rings. The van der Waals surface area contributed by atoms with E-state index < -0.39 is 0 Å². The summed E-state index contributed by atoms with van der Waals surface area (Å²) in [6.45, 7) is 10.2. The normalized spacial score (nSPS) is 13.4. The number of hydrogen-bond donors (Lipinski definition) is 1. The molecule has 0 aliphatic rings. The Labute approximate surface area is 116 Å². The minimum Gasteiger partial charge on any atom is -0.316 e. The van der Waals surface area contributed by atoms with E-state index in [1.807, 2.05) is 11.3 Å². The van der Waals surface area contributed by atoms with E-state index in [1.54, 1.807) is 0 Å². The van der Waals surface area contributed by atoms with E-state index in [0.29, 0.717) is 6.04 Å². The maximum absolute atomic E-state index is 3.51. The maximum Gasteiger partial charge on any atom is 0.0327 e. The second kappa shape index (κ2) is 8.68. The van der Waals surface area contributed by atoms with Crippen LogP contribution in [0.15, 0.2) is 17.5 Å². The van der Waals surface area contributed by atoms with Gasteiger partial charge in [-0.3, -0.25) is 4.90 Å². The summed E-state index contributed by atoms with van der Waals surface area (Å²) >= 11 is 1.85. The van der Waals surface area contributed by atoms with Crippen LogP contribution in [0.1, 0.15) is 38.5 Å². The van der Waals surface area contributed by atoms with E-state index >= 15 is 0 Å². The zero-order chi connectivity index (χ0) is 13.4. The molecule has 0 aliphatic carbocycles. The highest BCUT2D eigenvalue weighted by atomic mass is 32.1. The summed E-state index contributed by atoms with van der Waals surface area (Å²) in [5, 5.41) is 5.66. The Morgan fingerprint density at radius 2 is 2.11 bits per heavy atom. The van der Waals surface area contributed by atoms with E-state index in [4.69, 9.17) is 0 Å². The Kier molecular flexibility index (Phi) is 7.56. The summed E-state index contributed by atoms with van der Waals surface area (Å²) in [5.74, 6) is 0.754. The molecule has 0 saturated carbocycles. The molecular weight excluding hydrogens is 240 g/mol. The van der Waals surface area contributed by atoms with Crippen molar-refractivity contribution in [2.75, 3.05) is 20.1 Å². The lowest BCUT2D eigenvalue weighted by Gasteiger charge is -2.24. The van der Waals surface area contributed by atoms with Gasteiger partial charge in [0.15, 0.2) is 0 Å². The third-order valence-corrected chi connectivity index (χ3v) is 4.13. The zero-order valence-electron chi connectivity index (χ0n) is 12.3. The van der Waals surface area contributed by atoms with Gasteiger partial charge in [-0.2, -0.15) is 0 Å². The first-order valence-electron chi connectivity index (χ1n) is 7.03. The predicted octanol–water partition coefficient (Wildman–Crippen LogP) is 3.59. The molecule has 0 saturated heterocycles. The van der Waals surface area contributed by atoms with Crippen LogP contribution in [0.3, 0.4) is 0 Å². The highest BCUT2D eigenvalue weighted by molar-refractivity contribution is 7.09. The van der Waals surface area contributed by atoms with Crippen molar-refractivity contribution in [3.05, 3.63) is 22.4 Å². The van der Waals surface area contributed by atoms with Crippen LogP contribution in [0.2, 0.25) is 0 Å². The fourth-order valence-corrected chi connectivity index (χ4v) is 2.71. The summed E-state index contributed by atoms with van der Waals surface area (Å²) in [5.41, 5.74) is 0. The number of rotatable bonds is 9. The molecule has 0 spiro atoms. The van der Waals surface area contributed by atoms with Gasteiger partial charge >= 0.3 is 0 Å². The molecular formula is C15H28N2S. The standard InChI is InChI=1S/C15H28N2S/c1-13(2)11-16-9-5-7-14(3)17(4)12-15-8-6-10-18-15/h6,8,10,13-14,16H,5,7,9,11-12H2,1-4H3. The molecule has 1 N–H and O–H groups in total. The third-order valence-electron chi connectivity index (χ3n) is 3.27. The molecule has 1 unspecified atom stereocenters. The maximum atomic E-state index is 3.51. The van der Waals surface area contributed by atoms with Crippen molar-refractivity contribution in [3.63, 3.8) is 0 Å². The van der Waals surface area contributed by atoms with Gasteiger partial charge in [-0.25, -0.2) is 0 Å². The van der Waals surface area contributed by atoms with Gasteiger partial charge in [-0.15, -0.1) is 11.3 Å². The van der Waals surface area contributed by atoms with Gasteiger partial charge in [0, 0.05) is 17.5 Å². The molecule has 0 amide bonds. The van der Waals surface area contributed by atoms with Crippen molar-refractivity contribution in [1.29, 1.82) is 0 Å². The molecule has 1 aromatic rings. The molecule has 1 heterocycles. The molecule has 18 heavy (non-hydrogen) atoms. The predicted molar refractivity (Wildman–Crippen MR) is 82.2 cm³/mol. The minimum atomic E-state index is 0.660. The second-order valence-corrected chi connectivity index (χ2v) is 6.62. The first-order chi connectivity index (χ1) is 8.59. The monoisotopic (exact) mass is 268 g/mol. The first-order valence-corrected chi connectivity index (χ1v) is 7.91. The summed E-state index contributed by atoms with van der Waals surface area (Å²) in [4.78, 5) is 3.91. The molecule has 0 radical (unpaired) electrons. The van der Waals surface area contributed by atoms with Gasteiger partial charge in [-0.1, -0.05) is 19.9 Å². The van der Waals surface area contributed by atoms with Crippen molar-refractivity contribution in [1.82, 2.24) is 10.2 Å². The van der Waals surface area contributed by atoms with E-state index in [2.05, 4.69) is 55.5 Å². The van der Waals surface area contributed by atoms with Gasteiger partial charge in [0.25, 0.3) is 0 Å². The van der Waals surface area contributed by atoms with Crippen molar-refractivity contribution < 1.29 is 0 Å². The lowest BCUT2D eigenvalue weighted by molar-refractivity contribution is 0.236. The molecule has 0 aromatic carbocycles. The van der Waals surface area contributed by atoms with E-state index in [1.165, 1.54) is 17.7 Å². The van der Waals surface area contributed by atoms with E-state index in [-0.39, 0.29) is 0 Å². The Bertz CT molecular complexity index is 295. The SMILES string of the molecule is CC(C)CNCCCC(C)N(C)Cc1cccs1. The molecule has 0 aliphatic heterocycles. The van der Waals surface area contributed by atoms with Crippen molar-refractivity contribution in [3.8, 4) is 0 Å². The van der Waals surface area contributed by atoms with Gasteiger partial charge in [0.1, 0.15) is 0 Å². The van der Waals surface area contributed by atoms with Gasteiger partial charge in [-0.05, 0) is 57.3 Å². The minimum absolute atomic E-state index is 0.660. The van der Waals surface area contributed by atoms with E-state index in [9.17, 15) is 0 Å².